The van der Waals surface area contributed by atoms with E-state index >= 15 is 0 Å². The minimum absolute atomic E-state index is 0.0767. The van der Waals surface area contributed by atoms with E-state index in [0.29, 0.717) is 10.1 Å². The van der Waals surface area contributed by atoms with Crippen LogP contribution in [0.4, 0.5) is 0 Å². The van der Waals surface area contributed by atoms with Crippen molar-refractivity contribution in [2.75, 3.05) is 12.3 Å². The monoisotopic (exact) mass is 333 g/mol. The number of rotatable bonds is 3. The molecule has 0 N–H and O–H groups in total. The molecule has 22 heavy (non-hydrogen) atoms. The van der Waals surface area contributed by atoms with Crippen molar-refractivity contribution in [2.24, 2.45) is 0 Å². The van der Waals surface area contributed by atoms with E-state index in [0.717, 1.165) is 24.4 Å². The molecule has 0 radical (unpaired) electrons. The third-order valence-corrected chi connectivity index (χ3v) is 5.94. The van der Waals surface area contributed by atoms with Crippen LogP contribution < -0.4 is 0 Å². The fourth-order valence-corrected chi connectivity index (χ4v) is 4.75. The summed E-state index contributed by atoms with van der Waals surface area (Å²) in [6, 6.07) is 10.4. The molecule has 3 rings (SSSR count). The van der Waals surface area contributed by atoms with Gasteiger partial charge in [0, 0.05) is 17.5 Å². The molecule has 116 valence electrons. The Labute approximate surface area is 139 Å². The molecule has 4 nitrogen and oxygen atoms in total. The molecule has 0 bridgehead atoms. The highest BCUT2D eigenvalue weighted by atomic mass is 32.2. The second-order valence-electron chi connectivity index (χ2n) is 5.33. The van der Waals surface area contributed by atoms with Gasteiger partial charge in [0.2, 0.25) is 0 Å². The summed E-state index contributed by atoms with van der Waals surface area (Å²) >= 11 is 3.14. The Kier molecular flexibility index (Phi) is 4.78. The van der Waals surface area contributed by atoms with Crippen molar-refractivity contribution in [3.8, 4) is 0 Å². The van der Waals surface area contributed by atoms with E-state index < -0.39 is 0 Å². The van der Waals surface area contributed by atoms with Crippen molar-refractivity contribution in [1.82, 2.24) is 14.5 Å². The molecule has 0 spiro atoms. The zero-order valence-electron chi connectivity index (χ0n) is 12.7. The molecule has 1 aromatic heterocycles. The van der Waals surface area contributed by atoms with Crippen LogP contribution in [0.1, 0.15) is 40.8 Å². The van der Waals surface area contributed by atoms with E-state index in [1.807, 2.05) is 41.8 Å². The largest absolute Gasteiger partial charge is 0.329 e. The maximum Gasteiger partial charge on any atom is 0.268 e. The molecule has 2 atom stereocenters. The lowest BCUT2D eigenvalue weighted by molar-refractivity contribution is 0.0684. The number of aryl methyl sites for hydroxylation is 1. The first-order valence-electron chi connectivity index (χ1n) is 7.51. The fraction of sp³-hybridized carbons (Fsp3) is 0.438. The lowest BCUT2D eigenvalue weighted by atomic mass is 10.0. The van der Waals surface area contributed by atoms with Gasteiger partial charge in [-0.1, -0.05) is 48.7 Å². The molecule has 2 heterocycles. The molecule has 1 aromatic carbocycles. The molecule has 1 aliphatic heterocycles. The van der Waals surface area contributed by atoms with Crippen LogP contribution >= 0.6 is 23.3 Å². The Morgan fingerprint density at radius 1 is 1.36 bits per heavy atom. The van der Waals surface area contributed by atoms with Gasteiger partial charge in [0.05, 0.1) is 11.7 Å². The number of thioether (sulfide) groups is 1. The number of benzene rings is 1. The number of aromatic nitrogens is 2. The topological polar surface area (TPSA) is 46.1 Å². The first-order valence-corrected chi connectivity index (χ1v) is 9.33. The van der Waals surface area contributed by atoms with Crippen molar-refractivity contribution < 1.29 is 4.79 Å². The lowest BCUT2D eigenvalue weighted by Gasteiger charge is -2.39. The molecule has 0 unspecified atom stereocenters. The van der Waals surface area contributed by atoms with Gasteiger partial charge in [0.25, 0.3) is 5.91 Å². The highest BCUT2D eigenvalue weighted by Gasteiger charge is 2.35. The lowest BCUT2D eigenvalue weighted by Crippen LogP contribution is -2.44. The van der Waals surface area contributed by atoms with E-state index in [9.17, 15) is 4.79 Å². The number of carbonyl (C=O) groups excluding carboxylic acids is 1. The van der Waals surface area contributed by atoms with Crippen LogP contribution in [-0.2, 0) is 6.42 Å². The van der Waals surface area contributed by atoms with Crippen molar-refractivity contribution in [3.63, 3.8) is 0 Å². The number of amides is 1. The number of hydrogen-bond acceptors (Lipinski definition) is 5. The minimum atomic E-state index is 0.0767. The normalized spacial score (nSPS) is 21.8. The van der Waals surface area contributed by atoms with Gasteiger partial charge in [-0.25, -0.2) is 0 Å². The van der Waals surface area contributed by atoms with Crippen LogP contribution in [0.5, 0.6) is 0 Å². The molecule has 1 amide bonds. The Hall–Kier alpha value is -1.40. The van der Waals surface area contributed by atoms with Crippen molar-refractivity contribution >= 4 is 29.2 Å². The molecule has 6 heteroatoms. The van der Waals surface area contributed by atoms with E-state index in [2.05, 4.69) is 28.6 Å². The summed E-state index contributed by atoms with van der Waals surface area (Å²) in [6.45, 7) is 4.98. The van der Waals surface area contributed by atoms with Crippen LogP contribution in [-0.4, -0.2) is 37.9 Å². The third-order valence-electron chi connectivity index (χ3n) is 3.98. The van der Waals surface area contributed by atoms with Crippen molar-refractivity contribution in [3.05, 3.63) is 46.5 Å². The maximum absolute atomic E-state index is 13.0. The Bertz CT molecular complexity index is 644. The number of carbonyl (C=O) groups is 1. The van der Waals surface area contributed by atoms with Crippen LogP contribution in [0.2, 0.25) is 0 Å². The second-order valence-corrected chi connectivity index (χ2v) is 7.57. The van der Waals surface area contributed by atoms with Crippen molar-refractivity contribution in [1.29, 1.82) is 0 Å². The first kappa shape index (κ1) is 15.5. The molecule has 0 saturated carbocycles. The molecular formula is C16H19N3OS2. The van der Waals surface area contributed by atoms with Gasteiger partial charge in [0.15, 0.2) is 0 Å². The molecule has 2 aromatic rings. The summed E-state index contributed by atoms with van der Waals surface area (Å²) in [5.74, 6) is 1.05. The molecule has 0 aliphatic carbocycles. The number of nitrogens with zero attached hydrogens (tertiary/aromatic N) is 3. The van der Waals surface area contributed by atoms with Crippen LogP contribution in [0.25, 0.3) is 0 Å². The summed E-state index contributed by atoms with van der Waals surface area (Å²) in [6.07, 6.45) is 0.742. The average Bonchev–Trinajstić information content (AvgIpc) is 3.03. The Balaban J connectivity index is 1.94. The minimum Gasteiger partial charge on any atom is -0.329 e. The van der Waals surface area contributed by atoms with Crippen LogP contribution in [0.15, 0.2) is 30.3 Å². The van der Waals surface area contributed by atoms with Crippen LogP contribution in [0.3, 0.4) is 0 Å². The second kappa shape index (κ2) is 6.79. The first-order chi connectivity index (χ1) is 10.7. The van der Waals surface area contributed by atoms with Gasteiger partial charge >= 0.3 is 0 Å². The van der Waals surface area contributed by atoms with E-state index in [1.165, 1.54) is 17.1 Å². The van der Waals surface area contributed by atoms with Gasteiger partial charge in [0.1, 0.15) is 4.88 Å². The highest BCUT2D eigenvalue weighted by Crippen LogP contribution is 2.37. The van der Waals surface area contributed by atoms with Gasteiger partial charge in [-0.3, -0.25) is 4.79 Å². The third kappa shape index (κ3) is 2.90. The smallest absolute Gasteiger partial charge is 0.268 e. The van der Waals surface area contributed by atoms with E-state index in [-0.39, 0.29) is 11.9 Å². The molecule has 1 aliphatic rings. The summed E-state index contributed by atoms with van der Waals surface area (Å²) in [5, 5.41) is 4.46. The van der Waals surface area contributed by atoms with Crippen molar-refractivity contribution in [2.45, 2.75) is 31.6 Å². The quantitative estimate of drug-likeness (QED) is 0.863. The zero-order valence-corrected chi connectivity index (χ0v) is 14.4. The predicted octanol–water partition coefficient (Wildman–Crippen LogP) is 3.42. The van der Waals surface area contributed by atoms with Gasteiger partial charge in [-0.05, 0) is 23.5 Å². The standard InChI is InChI=1S/C16H19N3OS2/c1-3-13-15(22-18-17-13)16(20)19-9-10-21-11(2)14(19)12-7-5-4-6-8-12/h4-8,11,14H,3,9-10H2,1-2H3/t11-,14+/m1/s1. The highest BCUT2D eigenvalue weighted by molar-refractivity contribution is 8.00. The molecular weight excluding hydrogens is 314 g/mol. The summed E-state index contributed by atoms with van der Waals surface area (Å²) in [4.78, 5) is 15.7. The predicted molar refractivity (Wildman–Crippen MR) is 91.4 cm³/mol. The summed E-state index contributed by atoms with van der Waals surface area (Å²) in [5.41, 5.74) is 2.01. The maximum atomic E-state index is 13.0. The van der Waals surface area contributed by atoms with E-state index in [4.69, 9.17) is 0 Å². The average molecular weight is 333 g/mol. The van der Waals surface area contributed by atoms with E-state index in [1.54, 1.807) is 0 Å². The summed E-state index contributed by atoms with van der Waals surface area (Å²) in [7, 11) is 0. The zero-order chi connectivity index (χ0) is 15.5. The fourth-order valence-electron chi connectivity index (χ4n) is 2.88. The van der Waals surface area contributed by atoms with Gasteiger partial charge < -0.3 is 4.90 Å². The summed E-state index contributed by atoms with van der Waals surface area (Å²) < 4.78 is 3.96. The number of hydrogen-bond donors (Lipinski definition) is 0. The van der Waals surface area contributed by atoms with Crippen LogP contribution in [0, 0.1) is 0 Å². The van der Waals surface area contributed by atoms with Gasteiger partial charge in [-0.2, -0.15) is 11.8 Å². The Morgan fingerprint density at radius 2 is 2.14 bits per heavy atom. The Morgan fingerprint density at radius 3 is 2.86 bits per heavy atom. The molecule has 1 fully saturated rings. The molecule has 1 saturated heterocycles. The van der Waals surface area contributed by atoms with Gasteiger partial charge in [-0.15, -0.1) is 5.10 Å². The SMILES string of the molecule is CCc1nnsc1C(=O)N1CCS[C@H](C)[C@H]1c1ccccc1.